The molecule has 0 atom stereocenters. The fraction of sp³-hybridized carbons (Fsp3) is 0.375. The molecule has 21 heavy (non-hydrogen) atoms. The second-order valence-electron chi connectivity index (χ2n) is 5.22. The van der Waals surface area contributed by atoms with Crippen LogP contribution in [-0.2, 0) is 9.59 Å². The van der Waals surface area contributed by atoms with Gasteiger partial charge in [0.25, 0.3) is 0 Å². The van der Waals surface area contributed by atoms with E-state index in [1.807, 2.05) is 24.3 Å². The van der Waals surface area contributed by atoms with Gasteiger partial charge in [-0.25, -0.2) is 0 Å². The van der Waals surface area contributed by atoms with E-state index in [1.165, 1.54) is 0 Å². The molecule has 1 aliphatic rings. The zero-order valence-corrected chi connectivity index (χ0v) is 12.2. The lowest BCUT2D eigenvalue weighted by Gasteiger charge is -2.30. The van der Waals surface area contributed by atoms with Crippen LogP contribution < -0.4 is 11.1 Å². The standard InChI is InChI=1S/C16H21N3O2/c1-18-16(21)13-7-9-19(10-8-13)15(20)6-5-12-3-2-4-14(17)11-12/h2-6,11,13H,7-10,17H2,1H3,(H,18,21)/b6-5+. The summed E-state index contributed by atoms with van der Waals surface area (Å²) in [6.07, 6.45) is 4.77. The lowest BCUT2D eigenvalue weighted by molar-refractivity contribution is -0.131. The van der Waals surface area contributed by atoms with Crippen LogP contribution in [-0.4, -0.2) is 36.9 Å². The number of hydrogen-bond acceptors (Lipinski definition) is 3. The van der Waals surface area contributed by atoms with Crippen molar-refractivity contribution in [3.63, 3.8) is 0 Å². The molecule has 0 radical (unpaired) electrons. The van der Waals surface area contributed by atoms with Crippen LogP contribution in [0.3, 0.4) is 0 Å². The van der Waals surface area contributed by atoms with Crippen LogP contribution in [0.25, 0.3) is 6.08 Å². The van der Waals surface area contributed by atoms with Crippen LogP contribution in [0.2, 0.25) is 0 Å². The number of hydrogen-bond donors (Lipinski definition) is 2. The molecule has 0 saturated carbocycles. The molecule has 1 saturated heterocycles. The molecule has 2 rings (SSSR count). The zero-order valence-electron chi connectivity index (χ0n) is 12.2. The number of amides is 2. The number of piperidine rings is 1. The number of likely N-dealkylation sites (tertiary alicyclic amines) is 1. The smallest absolute Gasteiger partial charge is 0.246 e. The Morgan fingerprint density at radius 3 is 2.67 bits per heavy atom. The summed E-state index contributed by atoms with van der Waals surface area (Å²) >= 11 is 0. The first-order valence-electron chi connectivity index (χ1n) is 7.14. The maximum atomic E-state index is 12.1. The quantitative estimate of drug-likeness (QED) is 0.649. The number of nitrogens with zero attached hydrogens (tertiary/aromatic N) is 1. The maximum Gasteiger partial charge on any atom is 0.246 e. The minimum Gasteiger partial charge on any atom is -0.399 e. The maximum absolute atomic E-state index is 12.1. The average molecular weight is 287 g/mol. The highest BCUT2D eigenvalue weighted by molar-refractivity contribution is 5.92. The van der Waals surface area contributed by atoms with E-state index >= 15 is 0 Å². The Labute approximate surface area is 124 Å². The molecule has 1 aromatic rings. The van der Waals surface area contributed by atoms with Gasteiger partial charge in [-0.05, 0) is 36.6 Å². The van der Waals surface area contributed by atoms with Crippen molar-refractivity contribution in [2.75, 3.05) is 25.9 Å². The molecule has 1 aromatic carbocycles. The fourth-order valence-electron chi connectivity index (χ4n) is 2.50. The van der Waals surface area contributed by atoms with Crippen molar-refractivity contribution in [1.29, 1.82) is 0 Å². The van der Waals surface area contributed by atoms with E-state index < -0.39 is 0 Å². The van der Waals surface area contributed by atoms with E-state index in [0.717, 1.165) is 18.4 Å². The molecule has 5 nitrogen and oxygen atoms in total. The highest BCUT2D eigenvalue weighted by Gasteiger charge is 2.25. The summed E-state index contributed by atoms with van der Waals surface area (Å²) < 4.78 is 0. The molecule has 2 amide bonds. The lowest BCUT2D eigenvalue weighted by Crippen LogP contribution is -2.41. The molecule has 0 unspecified atom stereocenters. The van der Waals surface area contributed by atoms with Crippen LogP contribution in [0.15, 0.2) is 30.3 Å². The van der Waals surface area contributed by atoms with E-state index in [-0.39, 0.29) is 17.7 Å². The number of carbonyl (C=O) groups is 2. The Morgan fingerprint density at radius 1 is 1.33 bits per heavy atom. The van der Waals surface area contributed by atoms with Gasteiger partial charge in [-0.2, -0.15) is 0 Å². The first-order valence-corrected chi connectivity index (χ1v) is 7.14. The molecule has 0 spiro atoms. The molecule has 5 heteroatoms. The molecule has 3 N–H and O–H groups in total. The van der Waals surface area contributed by atoms with Gasteiger partial charge in [0, 0.05) is 37.8 Å². The molecule has 1 aliphatic heterocycles. The van der Waals surface area contributed by atoms with E-state index in [2.05, 4.69) is 5.32 Å². The number of anilines is 1. The van der Waals surface area contributed by atoms with Gasteiger partial charge in [-0.1, -0.05) is 12.1 Å². The Bertz CT molecular complexity index is 546. The first-order chi connectivity index (χ1) is 10.1. The number of nitrogens with one attached hydrogen (secondary N) is 1. The summed E-state index contributed by atoms with van der Waals surface area (Å²) in [5.41, 5.74) is 7.28. The molecule has 0 bridgehead atoms. The molecular weight excluding hydrogens is 266 g/mol. The van der Waals surface area contributed by atoms with Crippen molar-refractivity contribution in [2.45, 2.75) is 12.8 Å². The second kappa shape index (κ2) is 6.92. The van der Waals surface area contributed by atoms with Crippen molar-refractivity contribution in [1.82, 2.24) is 10.2 Å². The molecule has 1 fully saturated rings. The van der Waals surface area contributed by atoms with E-state index in [0.29, 0.717) is 18.8 Å². The van der Waals surface area contributed by atoms with Crippen molar-refractivity contribution in [3.8, 4) is 0 Å². The van der Waals surface area contributed by atoms with Gasteiger partial charge < -0.3 is 16.0 Å². The van der Waals surface area contributed by atoms with Crippen LogP contribution in [0, 0.1) is 5.92 Å². The third kappa shape index (κ3) is 4.08. The first kappa shape index (κ1) is 15.1. The summed E-state index contributed by atoms with van der Waals surface area (Å²) in [4.78, 5) is 25.4. The van der Waals surface area contributed by atoms with Crippen molar-refractivity contribution >= 4 is 23.6 Å². The molecule has 0 aliphatic carbocycles. The second-order valence-corrected chi connectivity index (χ2v) is 5.22. The summed E-state index contributed by atoms with van der Waals surface area (Å²) in [7, 11) is 1.65. The van der Waals surface area contributed by atoms with Gasteiger partial charge in [-0.15, -0.1) is 0 Å². The van der Waals surface area contributed by atoms with Gasteiger partial charge in [-0.3, -0.25) is 9.59 Å². The third-order valence-electron chi connectivity index (χ3n) is 3.75. The van der Waals surface area contributed by atoms with Gasteiger partial charge in [0.2, 0.25) is 11.8 Å². The zero-order chi connectivity index (χ0) is 15.2. The predicted octanol–water partition coefficient (Wildman–Crippen LogP) is 1.27. The lowest BCUT2D eigenvalue weighted by atomic mass is 9.96. The van der Waals surface area contributed by atoms with Gasteiger partial charge in [0.05, 0.1) is 0 Å². The fourth-order valence-corrected chi connectivity index (χ4v) is 2.50. The van der Waals surface area contributed by atoms with Gasteiger partial charge in [0.1, 0.15) is 0 Å². The number of nitrogens with two attached hydrogens (primary N) is 1. The predicted molar refractivity (Wildman–Crippen MR) is 83.3 cm³/mol. The van der Waals surface area contributed by atoms with E-state index in [1.54, 1.807) is 24.1 Å². The van der Waals surface area contributed by atoms with E-state index in [9.17, 15) is 9.59 Å². The highest BCUT2D eigenvalue weighted by Crippen LogP contribution is 2.17. The van der Waals surface area contributed by atoms with Crippen LogP contribution in [0.5, 0.6) is 0 Å². The van der Waals surface area contributed by atoms with Crippen LogP contribution >= 0.6 is 0 Å². The van der Waals surface area contributed by atoms with Crippen LogP contribution in [0.4, 0.5) is 5.69 Å². The monoisotopic (exact) mass is 287 g/mol. The molecule has 0 aromatic heterocycles. The minimum atomic E-state index is -0.0206. The van der Waals surface area contributed by atoms with Gasteiger partial charge in [0.15, 0.2) is 0 Å². The Hall–Kier alpha value is -2.30. The molecule has 1 heterocycles. The van der Waals surface area contributed by atoms with Crippen molar-refractivity contribution in [2.24, 2.45) is 5.92 Å². The SMILES string of the molecule is CNC(=O)C1CCN(C(=O)/C=C/c2cccc(N)c2)CC1. The Kier molecular flexibility index (Phi) is 4.98. The van der Waals surface area contributed by atoms with E-state index in [4.69, 9.17) is 5.73 Å². The molecule has 112 valence electrons. The Morgan fingerprint density at radius 2 is 2.05 bits per heavy atom. The highest BCUT2D eigenvalue weighted by atomic mass is 16.2. The number of nitrogen functional groups attached to an aromatic ring is 1. The number of carbonyl (C=O) groups excluding carboxylic acids is 2. The summed E-state index contributed by atoms with van der Waals surface area (Å²) in [5, 5.41) is 2.66. The van der Waals surface area contributed by atoms with Crippen molar-refractivity contribution in [3.05, 3.63) is 35.9 Å². The summed E-state index contributed by atoms with van der Waals surface area (Å²) in [6.45, 7) is 1.25. The topological polar surface area (TPSA) is 75.4 Å². The Balaban J connectivity index is 1.89. The molecular formula is C16H21N3O2. The summed E-state index contributed by atoms with van der Waals surface area (Å²) in [6, 6.07) is 7.39. The summed E-state index contributed by atoms with van der Waals surface area (Å²) in [5.74, 6) is 0.0714. The average Bonchev–Trinajstić information content (AvgIpc) is 2.52. The number of benzene rings is 1. The number of rotatable bonds is 3. The normalized spacial score (nSPS) is 16.1. The largest absolute Gasteiger partial charge is 0.399 e. The van der Waals surface area contributed by atoms with Crippen molar-refractivity contribution < 1.29 is 9.59 Å². The van der Waals surface area contributed by atoms with Gasteiger partial charge >= 0.3 is 0 Å². The minimum absolute atomic E-state index is 0.0206. The third-order valence-corrected chi connectivity index (χ3v) is 3.75. The van der Waals surface area contributed by atoms with Crippen LogP contribution in [0.1, 0.15) is 18.4 Å².